The summed E-state index contributed by atoms with van der Waals surface area (Å²) in [5.41, 5.74) is -0.421. The van der Waals surface area contributed by atoms with Gasteiger partial charge in [0.15, 0.2) is 0 Å². The van der Waals surface area contributed by atoms with Crippen LogP contribution in [0.4, 0.5) is 4.79 Å². The molecule has 0 spiro atoms. The molecule has 0 saturated carbocycles. The fourth-order valence-electron chi connectivity index (χ4n) is 2.50. The largest absolute Gasteiger partial charge is 0.444 e. The summed E-state index contributed by atoms with van der Waals surface area (Å²) < 4.78 is 5.49. The molecule has 1 amide bonds. The maximum Gasteiger partial charge on any atom is 0.410 e. The Labute approximate surface area is 128 Å². The van der Waals surface area contributed by atoms with E-state index in [0.717, 1.165) is 25.9 Å². The Morgan fingerprint density at radius 3 is 2.75 bits per heavy atom. The number of hydrogen-bond acceptors (Lipinski definition) is 4. The molecule has 2 unspecified atom stereocenters. The number of carbonyl (C=O) groups excluding carboxylic acids is 1. The minimum Gasteiger partial charge on any atom is -0.444 e. The number of ether oxygens (including phenoxy) is 1. The average molecular weight is 302 g/mol. The van der Waals surface area contributed by atoms with Gasteiger partial charge >= 0.3 is 6.09 Å². The summed E-state index contributed by atoms with van der Waals surface area (Å²) in [6.45, 7) is 9.69. The topological polar surface area (TPSA) is 41.6 Å². The molecule has 2 atom stereocenters. The molecule has 118 valence electrons. The van der Waals surface area contributed by atoms with Crippen molar-refractivity contribution in [1.29, 1.82) is 0 Å². The van der Waals surface area contributed by atoms with Crippen LogP contribution < -0.4 is 5.32 Å². The van der Waals surface area contributed by atoms with Crippen molar-refractivity contribution in [3.8, 4) is 0 Å². The van der Waals surface area contributed by atoms with Crippen molar-refractivity contribution >= 4 is 17.9 Å². The molecule has 1 N–H and O–H groups in total. The molecule has 5 heteroatoms. The van der Waals surface area contributed by atoms with Gasteiger partial charge in [-0.2, -0.15) is 11.8 Å². The van der Waals surface area contributed by atoms with Gasteiger partial charge in [-0.25, -0.2) is 4.79 Å². The van der Waals surface area contributed by atoms with Gasteiger partial charge in [0.2, 0.25) is 0 Å². The maximum atomic E-state index is 12.2. The lowest BCUT2D eigenvalue weighted by Gasteiger charge is -2.40. The smallest absolute Gasteiger partial charge is 0.410 e. The summed E-state index contributed by atoms with van der Waals surface area (Å²) in [6, 6.07) is 0.589. The third-order valence-corrected chi connectivity index (χ3v) is 4.24. The lowest BCUT2D eigenvalue weighted by atomic mass is 9.98. The summed E-state index contributed by atoms with van der Waals surface area (Å²) in [4.78, 5) is 14.1. The van der Waals surface area contributed by atoms with E-state index in [1.54, 1.807) is 0 Å². The molecule has 0 aromatic heterocycles. The Balaban J connectivity index is 2.46. The monoisotopic (exact) mass is 302 g/mol. The van der Waals surface area contributed by atoms with Gasteiger partial charge in [-0.1, -0.05) is 0 Å². The van der Waals surface area contributed by atoms with E-state index in [4.69, 9.17) is 4.74 Å². The van der Waals surface area contributed by atoms with Crippen molar-refractivity contribution < 1.29 is 9.53 Å². The molecular formula is C15H30N2O2S. The summed E-state index contributed by atoms with van der Waals surface area (Å²) in [5.74, 6) is 1.18. The third-order valence-electron chi connectivity index (χ3n) is 3.55. The van der Waals surface area contributed by atoms with Gasteiger partial charge in [-0.05, 0) is 65.5 Å². The number of nitrogens with zero attached hydrogens (tertiary/aromatic N) is 1. The Hall–Kier alpha value is -0.420. The number of piperidine rings is 1. The van der Waals surface area contributed by atoms with Gasteiger partial charge in [-0.15, -0.1) is 0 Å². The molecule has 4 nitrogen and oxygen atoms in total. The van der Waals surface area contributed by atoms with E-state index in [2.05, 4.69) is 18.5 Å². The van der Waals surface area contributed by atoms with Crippen LogP contribution in [0.15, 0.2) is 0 Å². The van der Waals surface area contributed by atoms with Crippen molar-refractivity contribution in [2.24, 2.45) is 0 Å². The van der Waals surface area contributed by atoms with Crippen LogP contribution in [0.3, 0.4) is 0 Å². The van der Waals surface area contributed by atoms with E-state index < -0.39 is 5.60 Å². The second-order valence-corrected chi connectivity index (χ2v) is 7.45. The Morgan fingerprint density at radius 1 is 1.45 bits per heavy atom. The molecule has 1 aliphatic heterocycles. The lowest BCUT2D eigenvalue weighted by Crippen LogP contribution is -2.55. The Kier molecular flexibility index (Phi) is 7.17. The van der Waals surface area contributed by atoms with Crippen molar-refractivity contribution in [3.63, 3.8) is 0 Å². The third kappa shape index (κ3) is 5.92. The first-order valence-corrected chi connectivity index (χ1v) is 8.96. The molecule has 1 rings (SSSR count). The van der Waals surface area contributed by atoms with Crippen LogP contribution in [0.2, 0.25) is 0 Å². The standard InChI is InChI=1S/C15H30N2O2S/c1-12-13(16-9-7-11-20-5)8-6-10-17(12)14(18)19-15(2,3)4/h12-13,16H,6-11H2,1-5H3. The number of nitrogens with one attached hydrogen (secondary N) is 1. The SMILES string of the molecule is CSCCCNC1CCCN(C(=O)OC(C)(C)C)C1C. The van der Waals surface area contributed by atoms with E-state index in [9.17, 15) is 4.79 Å². The van der Waals surface area contributed by atoms with Crippen molar-refractivity contribution in [2.45, 2.75) is 64.6 Å². The second kappa shape index (κ2) is 8.13. The molecule has 1 fully saturated rings. The highest BCUT2D eigenvalue weighted by Gasteiger charge is 2.33. The number of amides is 1. The van der Waals surface area contributed by atoms with Gasteiger partial charge in [0.25, 0.3) is 0 Å². The molecule has 0 aliphatic carbocycles. The summed E-state index contributed by atoms with van der Waals surface area (Å²) >= 11 is 1.88. The molecular weight excluding hydrogens is 272 g/mol. The maximum absolute atomic E-state index is 12.2. The summed E-state index contributed by atoms with van der Waals surface area (Å²) in [6.07, 6.45) is 5.31. The number of carbonyl (C=O) groups is 1. The van der Waals surface area contributed by atoms with Gasteiger partial charge in [-0.3, -0.25) is 0 Å². The highest BCUT2D eigenvalue weighted by Crippen LogP contribution is 2.20. The molecule has 1 saturated heterocycles. The first kappa shape index (κ1) is 17.6. The van der Waals surface area contributed by atoms with Gasteiger partial charge in [0, 0.05) is 18.6 Å². The quantitative estimate of drug-likeness (QED) is 0.792. The van der Waals surface area contributed by atoms with Gasteiger partial charge < -0.3 is 15.0 Å². The molecule has 1 aliphatic rings. The van der Waals surface area contributed by atoms with Crippen LogP contribution in [0, 0.1) is 0 Å². The Bertz CT molecular complexity index is 305. The molecule has 0 aromatic carbocycles. The predicted octanol–water partition coefficient (Wildman–Crippen LogP) is 3.12. The van der Waals surface area contributed by atoms with Crippen molar-refractivity contribution in [1.82, 2.24) is 10.2 Å². The minimum absolute atomic E-state index is 0.180. The zero-order valence-electron chi connectivity index (χ0n) is 13.6. The van der Waals surface area contributed by atoms with E-state index in [1.165, 1.54) is 12.2 Å². The van der Waals surface area contributed by atoms with Crippen molar-refractivity contribution in [2.75, 3.05) is 25.1 Å². The van der Waals surface area contributed by atoms with Gasteiger partial charge in [0.05, 0.1) is 0 Å². The fourth-order valence-corrected chi connectivity index (χ4v) is 2.93. The Morgan fingerprint density at radius 2 is 2.15 bits per heavy atom. The lowest BCUT2D eigenvalue weighted by molar-refractivity contribution is 0.00713. The fraction of sp³-hybridized carbons (Fsp3) is 0.933. The van der Waals surface area contributed by atoms with E-state index in [1.807, 2.05) is 37.4 Å². The van der Waals surface area contributed by atoms with Crippen LogP contribution in [-0.4, -0.2) is 53.8 Å². The van der Waals surface area contributed by atoms with Crippen molar-refractivity contribution in [3.05, 3.63) is 0 Å². The van der Waals surface area contributed by atoms with E-state index in [0.29, 0.717) is 6.04 Å². The predicted molar refractivity (Wildman–Crippen MR) is 86.4 cm³/mol. The molecule has 0 aromatic rings. The highest BCUT2D eigenvalue weighted by atomic mass is 32.2. The first-order valence-electron chi connectivity index (χ1n) is 7.57. The van der Waals surface area contributed by atoms with Crippen LogP contribution in [0.25, 0.3) is 0 Å². The zero-order valence-corrected chi connectivity index (χ0v) is 14.4. The minimum atomic E-state index is -0.421. The van der Waals surface area contributed by atoms with E-state index in [-0.39, 0.29) is 12.1 Å². The number of thioether (sulfide) groups is 1. The number of hydrogen-bond donors (Lipinski definition) is 1. The van der Waals surface area contributed by atoms with E-state index >= 15 is 0 Å². The normalized spacial score (nSPS) is 23.8. The zero-order chi connectivity index (χ0) is 15.2. The first-order chi connectivity index (χ1) is 9.35. The number of likely N-dealkylation sites (tertiary alicyclic amines) is 1. The van der Waals surface area contributed by atoms with Crippen LogP contribution in [-0.2, 0) is 4.74 Å². The number of rotatable bonds is 5. The second-order valence-electron chi connectivity index (χ2n) is 6.46. The average Bonchev–Trinajstić information content (AvgIpc) is 2.34. The molecule has 20 heavy (non-hydrogen) atoms. The van der Waals surface area contributed by atoms with Crippen LogP contribution in [0.1, 0.15) is 47.0 Å². The molecule has 0 radical (unpaired) electrons. The summed E-state index contributed by atoms with van der Waals surface area (Å²) in [7, 11) is 0. The summed E-state index contributed by atoms with van der Waals surface area (Å²) in [5, 5.41) is 3.59. The highest BCUT2D eigenvalue weighted by molar-refractivity contribution is 7.98. The van der Waals surface area contributed by atoms with Gasteiger partial charge in [0.1, 0.15) is 5.60 Å². The van der Waals surface area contributed by atoms with Crippen LogP contribution in [0.5, 0.6) is 0 Å². The molecule has 1 heterocycles. The van der Waals surface area contributed by atoms with Crippen LogP contribution >= 0.6 is 11.8 Å². The molecule has 0 bridgehead atoms.